The van der Waals surface area contributed by atoms with E-state index >= 15 is 0 Å². The van der Waals surface area contributed by atoms with E-state index in [4.69, 9.17) is 0 Å². The minimum Gasteiger partial charge on any atom is -0.478 e. The van der Waals surface area contributed by atoms with Gasteiger partial charge in [0.1, 0.15) is 0 Å². The number of hydrogen-bond donors (Lipinski definition) is 2. The maximum absolute atomic E-state index is 14.0. The number of carbonyl (C=O) groups excluding carboxylic acids is 1. The second kappa shape index (κ2) is 14.8. The van der Waals surface area contributed by atoms with Gasteiger partial charge < -0.3 is 20.2 Å². The molecule has 8 unspecified atom stereocenters. The number of allylic oxidation sites excluding steroid dienone is 3. The van der Waals surface area contributed by atoms with Gasteiger partial charge in [-0.05, 0) is 167 Å². The van der Waals surface area contributed by atoms with Gasteiger partial charge >= 0.3 is 12.0 Å². The Morgan fingerprint density at radius 2 is 1.51 bits per heavy atom. The van der Waals surface area contributed by atoms with Gasteiger partial charge in [-0.1, -0.05) is 58.4 Å². The van der Waals surface area contributed by atoms with Crippen molar-refractivity contribution in [3.8, 4) is 0 Å². The molecule has 2 amide bonds. The number of nitrogens with one attached hydrogen (secondary N) is 1. The van der Waals surface area contributed by atoms with Crippen LogP contribution in [0.3, 0.4) is 0 Å². The van der Waals surface area contributed by atoms with Crippen LogP contribution in [0, 0.1) is 45.8 Å². The number of nitrogens with zero attached hydrogens (tertiary/aromatic N) is 3. The van der Waals surface area contributed by atoms with Gasteiger partial charge in [0.05, 0.1) is 5.56 Å². The van der Waals surface area contributed by atoms with E-state index in [2.05, 4.69) is 67.4 Å². The molecule has 1 aromatic rings. The number of rotatable bonds is 4. The van der Waals surface area contributed by atoms with Crippen LogP contribution in [0.5, 0.6) is 0 Å². The largest absolute Gasteiger partial charge is 0.478 e. The van der Waals surface area contributed by atoms with Gasteiger partial charge in [0, 0.05) is 37.8 Å². The molecule has 1 aromatic carbocycles. The SMILES string of the molecule is C=CC.CC1C(c2ccc(C(=O)O)cc2)=CCC2(C)C1CCC1(C)C2CCC2C3CCCC3(NC(=O)N3CCN(C4CCN(C)CC4)CC3)CC[C@]21C. The van der Waals surface area contributed by atoms with Gasteiger partial charge in [0.25, 0.3) is 0 Å². The Bertz CT molecular complexity index is 1540. The zero-order valence-corrected chi connectivity index (χ0v) is 34.0. The van der Waals surface area contributed by atoms with Gasteiger partial charge in [-0.25, -0.2) is 9.59 Å². The zero-order valence-electron chi connectivity index (χ0n) is 34.0. The quantitative estimate of drug-likeness (QED) is 0.303. The minimum absolute atomic E-state index is 0.0240. The van der Waals surface area contributed by atoms with Crippen molar-refractivity contribution in [3.05, 3.63) is 54.1 Å². The number of piperazine rings is 1. The summed E-state index contributed by atoms with van der Waals surface area (Å²) >= 11 is 0. The van der Waals surface area contributed by atoms with E-state index in [1.54, 1.807) is 18.2 Å². The number of hydrogen-bond acceptors (Lipinski definition) is 4. The number of carbonyl (C=O) groups is 2. The maximum Gasteiger partial charge on any atom is 0.335 e. The molecule has 6 fully saturated rings. The van der Waals surface area contributed by atoms with E-state index in [9.17, 15) is 14.7 Å². The van der Waals surface area contributed by atoms with Crippen molar-refractivity contribution in [1.29, 1.82) is 0 Å². The summed E-state index contributed by atoms with van der Waals surface area (Å²) in [7, 11) is 2.23. The molecule has 7 heteroatoms. The summed E-state index contributed by atoms with van der Waals surface area (Å²) in [4.78, 5) is 32.8. The molecule has 0 aromatic heterocycles. The summed E-state index contributed by atoms with van der Waals surface area (Å²) in [5.41, 5.74) is 3.83. The molecule has 0 bridgehead atoms. The van der Waals surface area contributed by atoms with Gasteiger partial charge in [-0.15, -0.1) is 6.58 Å². The standard InChI is InChI=1S/C43H64N4O3.C3H6/c1-29-33(30-8-10-31(11-9-30)38(48)49)14-19-40(2)34(29)15-20-42(4)37(40)13-12-35-36-7-6-18-43(36,22-21-41(35,42)3)44-39(50)47-27-25-46(26-28-47)32-16-23-45(5)24-17-32;1-3-2/h8-11,14,29,32,34-37H,6-7,12-13,15-28H2,1-5H3,(H,44,50)(H,48,49);3H,1H2,2H3/t29?,34?,35?,36?,37?,40?,41-,42?,43?;/m1./s1. The lowest BCUT2D eigenvalue weighted by molar-refractivity contribution is -0.210. The number of piperidine rings is 1. The van der Waals surface area contributed by atoms with Crippen molar-refractivity contribution in [2.75, 3.05) is 46.3 Å². The molecule has 0 spiro atoms. The van der Waals surface area contributed by atoms with Crippen molar-refractivity contribution >= 4 is 17.6 Å². The molecule has 0 radical (unpaired) electrons. The van der Waals surface area contributed by atoms with Crippen LogP contribution in [0.15, 0.2) is 43.0 Å². The second-order valence-corrected chi connectivity index (χ2v) is 19.3. The summed E-state index contributed by atoms with van der Waals surface area (Å²) in [5, 5.41) is 13.2. The van der Waals surface area contributed by atoms with E-state index in [0.717, 1.165) is 45.4 Å². The van der Waals surface area contributed by atoms with E-state index in [0.29, 0.717) is 52.0 Å². The van der Waals surface area contributed by atoms with Crippen LogP contribution < -0.4 is 5.32 Å². The molecule has 2 heterocycles. The van der Waals surface area contributed by atoms with Crippen LogP contribution >= 0.6 is 0 Å². The van der Waals surface area contributed by atoms with Crippen molar-refractivity contribution in [2.45, 2.75) is 123 Å². The molecule has 2 saturated heterocycles. The molecule has 7 aliphatic rings. The average molecular weight is 727 g/mol. The fourth-order valence-corrected chi connectivity index (χ4v) is 14.2. The highest BCUT2D eigenvalue weighted by Gasteiger charge is 2.68. The van der Waals surface area contributed by atoms with Crippen LogP contribution in [0.2, 0.25) is 0 Å². The molecule has 2 N–H and O–H groups in total. The molecule has 4 saturated carbocycles. The molecular formula is C46H70N4O3. The van der Waals surface area contributed by atoms with Gasteiger partial charge in [-0.3, -0.25) is 4.90 Å². The van der Waals surface area contributed by atoms with Gasteiger partial charge in [0.15, 0.2) is 0 Å². The lowest BCUT2D eigenvalue weighted by atomic mass is 9.34. The first-order chi connectivity index (χ1) is 25.3. The number of fused-ring (bicyclic) bond motifs is 7. The number of urea groups is 1. The minimum atomic E-state index is -0.859. The molecule has 8 rings (SSSR count). The summed E-state index contributed by atoms with van der Waals surface area (Å²) in [5.74, 6) is 2.24. The lowest BCUT2D eigenvalue weighted by Crippen LogP contribution is -2.68. The summed E-state index contributed by atoms with van der Waals surface area (Å²) in [6.07, 6.45) is 19.2. The number of amides is 2. The topological polar surface area (TPSA) is 76.1 Å². The number of carboxylic acid groups (broad SMARTS) is 1. The molecule has 9 atom stereocenters. The Morgan fingerprint density at radius 1 is 0.830 bits per heavy atom. The molecule has 53 heavy (non-hydrogen) atoms. The number of aromatic carboxylic acids is 1. The zero-order chi connectivity index (χ0) is 37.8. The summed E-state index contributed by atoms with van der Waals surface area (Å²) in [6, 6.07) is 8.49. The first-order valence-corrected chi connectivity index (χ1v) is 21.4. The Kier molecular flexibility index (Phi) is 10.8. The number of carboxylic acids is 1. The van der Waals surface area contributed by atoms with E-state index in [1.807, 2.05) is 19.1 Å². The first-order valence-electron chi connectivity index (χ1n) is 21.4. The third kappa shape index (κ3) is 6.51. The van der Waals surface area contributed by atoms with E-state index < -0.39 is 5.97 Å². The normalized spacial score (nSPS) is 40.3. The Labute approximate surface area is 321 Å². The van der Waals surface area contributed by atoms with Crippen molar-refractivity contribution < 1.29 is 14.7 Å². The van der Waals surface area contributed by atoms with E-state index in [-0.39, 0.29) is 17.0 Å². The third-order valence-electron chi connectivity index (χ3n) is 17.2. The van der Waals surface area contributed by atoms with Gasteiger partial charge in [0.2, 0.25) is 0 Å². The van der Waals surface area contributed by atoms with Crippen LogP contribution in [0.25, 0.3) is 5.57 Å². The smallest absolute Gasteiger partial charge is 0.335 e. The maximum atomic E-state index is 14.0. The van der Waals surface area contributed by atoms with Crippen molar-refractivity contribution in [2.24, 2.45) is 45.8 Å². The highest BCUT2D eigenvalue weighted by Crippen LogP contribution is 2.75. The predicted octanol–water partition coefficient (Wildman–Crippen LogP) is 9.21. The highest BCUT2D eigenvalue weighted by atomic mass is 16.4. The number of benzene rings is 1. The Balaban J connectivity index is 0.00000140. The van der Waals surface area contributed by atoms with Crippen LogP contribution in [0.4, 0.5) is 4.79 Å². The second-order valence-electron chi connectivity index (χ2n) is 19.3. The van der Waals surface area contributed by atoms with Crippen LogP contribution in [-0.4, -0.2) is 89.7 Å². The van der Waals surface area contributed by atoms with Crippen molar-refractivity contribution in [1.82, 2.24) is 20.0 Å². The first kappa shape index (κ1) is 38.6. The third-order valence-corrected chi connectivity index (χ3v) is 17.2. The average Bonchev–Trinajstić information content (AvgIpc) is 3.56. The molecule has 5 aliphatic carbocycles. The summed E-state index contributed by atoms with van der Waals surface area (Å²) < 4.78 is 0. The monoisotopic (exact) mass is 727 g/mol. The Morgan fingerprint density at radius 3 is 2.17 bits per heavy atom. The highest BCUT2D eigenvalue weighted by molar-refractivity contribution is 5.88. The predicted molar refractivity (Wildman–Crippen MR) is 216 cm³/mol. The summed E-state index contributed by atoms with van der Waals surface area (Å²) in [6.45, 7) is 21.9. The molecular weight excluding hydrogens is 657 g/mol. The number of likely N-dealkylation sites (tertiary alicyclic amines) is 1. The lowest BCUT2D eigenvalue weighted by Gasteiger charge is -2.71. The molecule has 7 nitrogen and oxygen atoms in total. The molecule has 292 valence electrons. The Hall–Kier alpha value is -2.64. The van der Waals surface area contributed by atoms with Crippen molar-refractivity contribution in [3.63, 3.8) is 0 Å². The fourth-order valence-electron chi connectivity index (χ4n) is 14.2. The van der Waals surface area contributed by atoms with Gasteiger partial charge in [-0.2, -0.15) is 0 Å². The molecule has 2 aliphatic heterocycles. The van der Waals surface area contributed by atoms with Crippen LogP contribution in [0.1, 0.15) is 128 Å². The fraction of sp³-hybridized carbons (Fsp3) is 0.739. The van der Waals surface area contributed by atoms with Crippen LogP contribution in [-0.2, 0) is 0 Å². The van der Waals surface area contributed by atoms with E-state index in [1.165, 1.54) is 82.0 Å².